The summed E-state index contributed by atoms with van der Waals surface area (Å²) >= 11 is 0. The highest BCUT2D eigenvalue weighted by atomic mass is 16.7. The number of nitrogens with zero attached hydrogens (tertiary/aromatic N) is 1. The molecule has 1 aliphatic rings. The summed E-state index contributed by atoms with van der Waals surface area (Å²) in [6, 6.07) is 12.7. The lowest BCUT2D eigenvalue weighted by atomic mass is 9.94. The molecule has 2 aromatic rings. The lowest BCUT2D eigenvalue weighted by molar-refractivity contribution is -0.149. The number of ether oxygens (including phenoxy) is 4. The van der Waals surface area contributed by atoms with E-state index in [0.29, 0.717) is 22.6 Å². The lowest BCUT2D eigenvalue weighted by Crippen LogP contribution is -2.38. The van der Waals surface area contributed by atoms with Crippen molar-refractivity contribution in [2.24, 2.45) is 0 Å². The van der Waals surface area contributed by atoms with E-state index in [1.165, 1.54) is 33.3 Å². The van der Waals surface area contributed by atoms with Gasteiger partial charge in [-0.05, 0) is 18.2 Å². The highest BCUT2D eigenvalue weighted by Crippen LogP contribution is 2.44. The maximum Gasteiger partial charge on any atom is 0.295 e. The van der Waals surface area contributed by atoms with Crippen LogP contribution < -0.4 is 9.47 Å². The van der Waals surface area contributed by atoms with E-state index < -0.39 is 24.0 Å². The normalized spacial score (nSPS) is 18.0. The largest absolute Gasteiger partial charge is 0.507 e. The van der Waals surface area contributed by atoms with Gasteiger partial charge < -0.3 is 29.0 Å². The molecule has 1 fully saturated rings. The van der Waals surface area contributed by atoms with Crippen LogP contribution in [0.25, 0.3) is 5.76 Å². The Morgan fingerprint density at radius 2 is 1.68 bits per heavy atom. The van der Waals surface area contributed by atoms with Gasteiger partial charge in [-0.15, -0.1) is 0 Å². The highest BCUT2D eigenvalue weighted by Gasteiger charge is 2.48. The fourth-order valence-corrected chi connectivity index (χ4v) is 3.60. The Labute approximate surface area is 180 Å². The summed E-state index contributed by atoms with van der Waals surface area (Å²) < 4.78 is 21.3. The molecule has 3 rings (SSSR count). The fraction of sp³-hybridized carbons (Fsp3) is 0.304. The minimum Gasteiger partial charge on any atom is -0.507 e. The van der Waals surface area contributed by atoms with Crippen LogP contribution in [0.3, 0.4) is 0 Å². The predicted octanol–water partition coefficient (Wildman–Crippen LogP) is 2.74. The van der Waals surface area contributed by atoms with Gasteiger partial charge in [0, 0.05) is 25.3 Å². The first-order valence-corrected chi connectivity index (χ1v) is 9.58. The van der Waals surface area contributed by atoms with Gasteiger partial charge in [0.05, 0.1) is 32.4 Å². The smallest absolute Gasteiger partial charge is 0.295 e. The first-order valence-electron chi connectivity index (χ1n) is 9.58. The summed E-state index contributed by atoms with van der Waals surface area (Å²) in [5.74, 6) is -0.907. The van der Waals surface area contributed by atoms with Crippen LogP contribution >= 0.6 is 0 Å². The number of benzene rings is 2. The van der Waals surface area contributed by atoms with Crippen molar-refractivity contribution < 1.29 is 33.6 Å². The number of likely N-dealkylation sites (tertiary alicyclic amines) is 1. The first kappa shape index (κ1) is 22.3. The van der Waals surface area contributed by atoms with E-state index in [-0.39, 0.29) is 17.9 Å². The molecule has 1 aliphatic heterocycles. The van der Waals surface area contributed by atoms with Crippen LogP contribution in [-0.2, 0) is 19.1 Å². The van der Waals surface area contributed by atoms with E-state index >= 15 is 0 Å². The second-order valence-corrected chi connectivity index (χ2v) is 6.83. The van der Waals surface area contributed by atoms with Crippen LogP contribution in [0.1, 0.15) is 17.2 Å². The SMILES string of the molecule is COc1ccc(OC)c(C2/C(=C(/O)c3ccccc3)C(=O)C(=O)N2CC(OC)OC)c1. The number of hydrogen-bond acceptors (Lipinski definition) is 7. The summed E-state index contributed by atoms with van der Waals surface area (Å²) in [5, 5.41) is 11.0. The molecule has 1 atom stereocenters. The maximum atomic E-state index is 13.1. The molecular weight excluding hydrogens is 402 g/mol. The van der Waals surface area contributed by atoms with Gasteiger partial charge in [-0.25, -0.2) is 0 Å². The summed E-state index contributed by atoms with van der Waals surface area (Å²) in [6.07, 6.45) is -0.769. The molecule has 0 radical (unpaired) electrons. The molecule has 0 bridgehead atoms. The molecule has 8 heteroatoms. The van der Waals surface area contributed by atoms with Gasteiger partial charge in [-0.3, -0.25) is 9.59 Å². The Hall–Kier alpha value is -3.36. The molecule has 1 N–H and O–H groups in total. The van der Waals surface area contributed by atoms with Crippen molar-refractivity contribution in [3.05, 3.63) is 65.2 Å². The third kappa shape index (κ3) is 4.26. The highest BCUT2D eigenvalue weighted by molar-refractivity contribution is 6.46. The molecule has 1 saturated heterocycles. The third-order valence-corrected chi connectivity index (χ3v) is 5.19. The molecule has 0 aliphatic carbocycles. The van der Waals surface area contributed by atoms with E-state index in [1.807, 2.05) is 0 Å². The molecule has 164 valence electrons. The number of rotatable bonds is 8. The molecule has 2 aromatic carbocycles. The Balaban J connectivity index is 2.25. The quantitative estimate of drug-likeness (QED) is 0.300. The molecule has 0 saturated carbocycles. The van der Waals surface area contributed by atoms with Gasteiger partial charge in [0.2, 0.25) is 0 Å². The third-order valence-electron chi connectivity index (χ3n) is 5.19. The Morgan fingerprint density at radius 3 is 2.26 bits per heavy atom. The lowest BCUT2D eigenvalue weighted by Gasteiger charge is -2.29. The van der Waals surface area contributed by atoms with Crippen LogP contribution in [0.15, 0.2) is 54.1 Å². The van der Waals surface area contributed by atoms with Crippen molar-refractivity contribution in [1.82, 2.24) is 4.90 Å². The van der Waals surface area contributed by atoms with Gasteiger partial charge in [-0.2, -0.15) is 0 Å². The summed E-state index contributed by atoms with van der Waals surface area (Å²) in [7, 11) is 5.88. The van der Waals surface area contributed by atoms with Crippen molar-refractivity contribution >= 4 is 17.4 Å². The van der Waals surface area contributed by atoms with Crippen LogP contribution in [-0.4, -0.2) is 63.0 Å². The van der Waals surface area contributed by atoms with Crippen molar-refractivity contribution in [3.8, 4) is 11.5 Å². The van der Waals surface area contributed by atoms with Crippen LogP contribution in [0.4, 0.5) is 0 Å². The van der Waals surface area contributed by atoms with E-state index in [4.69, 9.17) is 18.9 Å². The molecular formula is C23H25NO7. The van der Waals surface area contributed by atoms with Crippen LogP contribution in [0, 0.1) is 0 Å². The van der Waals surface area contributed by atoms with E-state index in [9.17, 15) is 14.7 Å². The molecule has 1 amide bonds. The number of aliphatic hydroxyl groups excluding tert-OH is 1. The first-order chi connectivity index (χ1) is 15.0. The standard InChI is InChI=1S/C23H25NO7/c1-28-15-10-11-17(29-2)16(12-15)20-19(21(25)14-8-6-5-7-9-14)22(26)23(27)24(20)13-18(30-3)31-4/h5-12,18,20,25H,13H2,1-4H3/b21-19-. The molecule has 1 heterocycles. The van der Waals surface area contributed by atoms with Crippen molar-refractivity contribution in [3.63, 3.8) is 0 Å². The van der Waals surface area contributed by atoms with Crippen molar-refractivity contribution in [1.29, 1.82) is 0 Å². The molecule has 1 unspecified atom stereocenters. The average molecular weight is 427 g/mol. The second kappa shape index (κ2) is 9.63. The zero-order chi connectivity index (χ0) is 22.5. The summed E-state index contributed by atoms with van der Waals surface area (Å²) in [4.78, 5) is 27.4. The summed E-state index contributed by atoms with van der Waals surface area (Å²) in [5.41, 5.74) is 0.862. The monoisotopic (exact) mass is 427 g/mol. The molecule has 0 aromatic heterocycles. The summed E-state index contributed by atoms with van der Waals surface area (Å²) in [6.45, 7) is -0.0336. The number of Topliss-reactive ketones (excluding diaryl/α,β-unsaturated/α-hetero) is 1. The van der Waals surface area contributed by atoms with Gasteiger partial charge in [0.1, 0.15) is 17.3 Å². The molecule has 31 heavy (non-hydrogen) atoms. The van der Waals surface area contributed by atoms with E-state index in [0.717, 1.165) is 0 Å². The number of amides is 1. The maximum absolute atomic E-state index is 13.1. The topological polar surface area (TPSA) is 94.5 Å². The predicted molar refractivity (Wildman–Crippen MR) is 113 cm³/mol. The van der Waals surface area contributed by atoms with Crippen LogP contribution in [0.2, 0.25) is 0 Å². The zero-order valence-electron chi connectivity index (χ0n) is 17.8. The van der Waals surface area contributed by atoms with Crippen molar-refractivity contribution in [2.75, 3.05) is 35.0 Å². The number of aliphatic hydroxyl groups is 1. The molecule has 0 spiro atoms. The number of methoxy groups -OCH3 is 4. The Kier molecular flexibility index (Phi) is 6.94. The van der Waals surface area contributed by atoms with Gasteiger partial charge in [-0.1, -0.05) is 30.3 Å². The van der Waals surface area contributed by atoms with E-state index in [1.54, 1.807) is 48.5 Å². The minimum absolute atomic E-state index is 0.0336. The minimum atomic E-state index is -0.932. The number of carbonyl (C=O) groups excluding carboxylic acids is 2. The number of ketones is 1. The number of carbonyl (C=O) groups is 2. The Bertz CT molecular complexity index is 983. The zero-order valence-corrected chi connectivity index (χ0v) is 17.8. The average Bonchev–Trinajstić information content (AvgIpc) is 3.06. The van der Waals surface area contributed by atoms with Crippen LogP contribution in [0.5, 0.6) is 11.5 Å². The van der Waals surface area contributed by atoms with Gasteiger partial charge in [0.25, 0.3) is 11.7 Å². The fourth-order valence-electron chi connectivity index (χ4n) is 3.60. The number of hydrogen-bond donors (Lipinski definition) is 1. The second-order valence-electron chi connectivity index (χ2n) is 6.83. The van der Waals surface area contributed by atoms with E-state index in [2.05, 4.69) is 0 Å². The molecule has 8 nitrogen and oxygen atoms in total. The van der Waals surface area contributed by atoms with Crippen molar-refractivity contribution in [2.45, 2.75) is 12.3 Å². The van der Waals surface area contributed by atoms with Gasteiger partial charge in [0.15, 0.2) is 6.29 Å². The van der Waals surface area contributed by atoms with Gasteiger partial charge >= 0.3 is 0 Å². The Morgan fingerprint density at radius 1 is 1.00 bits per heavy atom.